The molecule has 3 heterocycles. The first-order valence-electron chi connectivity index (χ1n) is 6.97. The first-order valence-corrected chi connectivity index (χ1v) is 7.76. The molecular weight excluding hydrogens is 336 g/mol. The van der Waals surface area contributed by atoms with E-state index in [4.69, 9.17) is 9.47 Å². The molecule has 0 N–H and O–H groups in total. The van der Waals surface area contributed by atoms with Crippen molar-refractivity contribution in [1.29, 1.82) is 0 Å². The molecule has 0 radical (unpaired) electrons. The van der Waals surface area contributed by atoms with Gasteiger partial charge in [-0.05, 0) is 18.2 Å². The molecule has 0 aliphatic carbocycles. The zero-order valence-corrected chi connectivity index (χ0v) is 13.0. The first kappa shape index (κ1) is 13.2. The molecule has 21 heavy (non-hydrogen) atoms. The van der Waals surface area contributed by atoms with E-state index in [1.54, 1.807) is 0 Å². The Balaban J connectivity index is 1.62. The summed E-state index contributed by atoms with van der Waals surface area (Å²) >= 11 is 3.46. The van der Waals surface area contributed by atoms with E-state index >= 15 is 0 Å². The molecule has 0 amide bonds. The van der Waals surface area contributed by atoms with Gasteiger partial charge in [-0.1, -0.05) is 15.9 Å². The third-order valence-electron chi connectivity index (χ3n) is 3.69. The van der Waals surface area contributed by atoms with Crippen molar-refractivity contribution in [3.8, 4) is 11.4 Å². The Kier molecular flexibility index (Phi) is 3.40. The van der Waals surface area contributed by atoms with Crippen molar-refractivity contribution in [3.63, 3.8) is 0 Å². The molecule has 2 aliphatic heterocycles. The maximum absolute atomic E-state index is 5.75. The average Bonchev–Trinajstić information content (AvgIpc) is 2.90. The lowest BCUT2D eigenvalue weighted by Gasteiger charge is -2.25. The highest BCUT2D eigenvalue weighted by Crippen LogP contribution is 2.31. The summed E-state index contributed by atoms with van der Waals surface area (Å²) in [6, 6.07) is 5.94. The highest BCUT2D eigenvalue weighted by molar-refractivity contribution is 9.10. The molecule has 0 bridgehead atoms. The van der Waals surface area contributed by atoms with Crippen LogP contribution >= 0.6 is 15.9 Å². The second-order valence-corrected chi connectivity index (χ2v) is 6.06. The molecule has 1 aromatic carbocycles. The van der Waals surface area contributed by atoms with E-state index < -0.39 is 0 Å². The van der Waals surface area contributed by atoms with Gasteiger partial charge in [0.05, 0.1) is 19.8 Å². The van der Waals surface area contributed by atoms with Crippen LogP contribution in [0.25, 0.3) is 5.69 Å². The van der Waals surface area contributed by atoms with E-state index in [1.807, 2.05) is 22.9 Å². The van der Waals surface area contributed by atoms with Crippen molar-refractivity contribution in [3.05, 3.63) is 34.3 Å². The van der Waals surface area contributed by atoms with Crippen LogP contribution in [-0.2, 0) is 17.9 Å². The second-order valence-electron chi connectivity index (χ2n) is 5.15. The summed E-state index contributed by atoms with van der Waals surface area (Å²) in [7, 11) is 0. The van der Waals surface area contributed by atoms with Crippen molar-refractivity contribution >= 4 is 15.9 Å². The number of rotatable bonds is 2. The van der Waals surface area contributed by atoms with Crippen LogP contribution in [0.15, 0.2) is 22.7 Å². The lowest BCUT2D eigenvalue weighted by atomic mass is 10.2. The third kappa shape index (κ3) is 2.56. The average molecular weight is 351 g/mol. The molecule has 1 aromatic heterocycles. The van der Waals surface area contributed by atoms with Crippen molar-refractivity contribution < 1.29 is 9.47 Å². The summed E-state index contributed by atoms with van der Waals surface area (Å²) in [4.78, 5) is 6.91. The number of fused-ring (bicyclic) bond motifs is 3. The number of morpholine rings is 1. The topological polar surface area (TPSA) is 52.4 Å². The van der Waals surface area contributed by atoms with Gasteiger partial charge in [-0.2, -0.15) is 0 Å². The van der Waals surface area contributed by atoms with Crippen LogP contribution in [0.4, 0.5) is 0 Å². The maximum atomic E-state index is 5.75. The van der Waals surface area contributed by atoms with Gasteiger partial charge >= 0.3 is 0 Å². The smallest absolute Gasteiger partial charge is 0.170 e. The molecule has 1 saturated heterocycles. The van der Waals surface area contributed by atoms with Crippen molar-refractivity contribution in [2.75, 3.05) is 26.3 Å². The van der Waals surface area contributed by atoms with Crippen LogP contribution in [-0.4, -0.2) is 46.0 Å². The Bertz CT molecular complexity index is 667. The fraction of sp³-hybridized carbons (Fsp3) is 0.429. The fourth-order valence-electron chi connectivity index (χ4n) is 2.63. The monoisotopic (exact) mass is 350 g/mol. The summed E-state index contributed by atoms with van der Waals surface area (Å²) in [5.74, 6) is 2.53. The minimum Gasteiger partial charge on any atom is -0.483 e. The fourth-order valence-corrected chi connectivity index (χ4v) is 2.97. The predicted molar refractivity (Wildman–Crippen MR) is 79.5 cm³/mol. The number of hydrogen-bond donors (Lipinski definition) is 0. The van der Waals surface area contributed by atoms with Crippen LogP contribution in [0.2, 0.25) is 0 Å². The number of hydrogen-bond acceptors (Lipinski definition) is 5. The van der Waals surface area contributed by atoms with Gasteiger partial charge in [-0.3, -0.25) is 4.90 Å². The van der Waals surface area contributed by atoms with E-state index in [-0.39, 0.29) is 0 Å². The van der Waals surface area contributed by atoms with Gasteiger partial charge in [-0.15, -0.1) is 5.10 Å². The molecule has 0 saturated carbocycles. The van der Waals surface area contributed by atoms with Crippen LogP contribution in [0.1, 0.15) is 11.6 Å². The van der Waals surface area contributed by atoms with Crippen LogP contribution in [0.5, 0.6) is 5.75 Å². The van der Waals surface area contributed by atoms with Crippen molar-refractivity contribution in [2.24, 2.45) is 0 Å². The number of halogens is 1. The zero-order chi connectivity index (χ0) is 14.2. The Hall–Kier alpha value is -1.44. The van der Waals surface area contributed by atoms with Crippen LogP contribution in [0.3, 0.4) is 0 Å². The number of nitrogens with zero attached hydrogens (tertiary/aromatic N) is 4. The van der Waals surface area contributed by atoms with Gasteiger partial charge in [0.15, 0.2) is 11.6 Å². The minimum atomic E-state index is 0.458. The highest BCUT2D eigenvalue weighted by Gasteiger charge is 2.22. The molecule has 7 heteroatoms. The molecule has 2 aliphatic rings. The molecule has 6 nitrogen and oxygen atoms in total. The number of benzene rings is 1. The Morgan fingerprint density at radius 1 is 1.24 bits per heavy atom. The van der Waals surface area contributed by atoms with Crippen LogP contribution in [0, 0.1) is 0 Å². The molecular formula is C14H15BrN4O2. The molecule has 110 valence electrons. The van der Waals surface area contributed by atoms with Crippen LogP contribution < -0.4 is 4.74 Å². The normalized spacial score (nSPS) is 18.0. The molecule has 1 fully saturated rings. The lowest BCUT2D eigenvalue weighted by Crippen LogP contribution is -2.36. The zero-order valence-electron chi connectivity index (χ0n) is 11.5. The summed E-state index contributed by atoms with van der Waals surface area (Å²) in [6.45, 7) is 4.66. The van der Waals surface area contributed by atoms with Crippen molar-refractivity contribution in [1.82, 2.24) is 19.7 Å². The van der Waals surface area contributed by atoms with Gasteiger partial charge < -0.3 is 9.47 Å². The Morgan fingerprint density at radius 2 is 2.10 bits per heavy atom. The van der Waals surface area contributed by atoms with Gasteiger partial charge in [-0.25, -0.2) is 9.67 Å². The number of aromatic nitrogens is 3. The Morgan fingerprint density at radius 3 is 2.95 bits per heavy atom. The first-order chi connectivity index (χ1) is 10.3. The van der Waals surface area contributed by atoms with Gasteiger partial charge in [0.2, 0.25) is 0 Å². The Labute approximate surface area is 130 Å². The van der Waals surface area contributed by atoms with E-state index in [0.717, 1.165) is 60.4 Å². The SMILES string of the molecule is Brc1ccc2c(c1)OCc1nc(CN3CCOCC3)nn1-2. The van der Waals surface area contributed by atoms with E-state index in [0.29, 0.717) is 6.61 Å². The van der Waals surface area contributed by atoms with E-state index in [2.05, 4.69) is 30.9 Å². The largest absolute Gasteiger partial charge is 0.483 e. The molecule has 4 rings (SSSR count). The molecule has 0 unspecified atom stereocenters. The predicted octanol–water partition coefficient (Wildman–Crippen LogP) is 1.75. The summed E-state index contributed by atoms with van der Waals surface area (Å²) < 4.78 is 14.0. The molecule has 2 aromatic rings. The summed E-state index contributed by atoms with van der Waals surface area (Å²) in [6.07, 6.45) is 0. The number of ether oxygens (including phenoxy) is 2. The summed E-state index contributed by atoms with van der Waals surface area (Å²) in [5.41, 5.74) is 0.945. The third-order valence-corrected chi connectivity index (χ3v) is 4.19. The van der Waals surface area contributed by atoms with Gasteiger partial charge in [0, 0.05) is 17.6 Å². The quantitative estimate of drug-likeness (QED) is 0.825. The second kappa shape index (κ2) is 5.40. The van der Waals surface area contributed by atoms with Crippen molar-refractivity contribution in [2.45, 2.75) is 13.2 Å². The molecule has 0 spiro atoms. The highest BCUT2D eigenvalue weighted by atomic mass is 79.9. The maximum Gasteiger partial charge on any atom is 0.170 e. The minimum absolute atomic E-state index is 0.458. The van der Waals surface area contributed by atoms with Gasteiger partial charge in [0.25, 0.3) is 0 Å². The van der Waals surface area contributed by atoms with E-state index in [1.165, 1.54) is 0 Å². The lowest BCUT2D eigenvalue weighted by molar-refractivity contribution is 0.0330. The molecule has 0 atom stereocenters. The summed E-state index contributed by atoms with van der Waals surface area (Å²) in [5, 5.41) is 4.64. The standard InChI is InChI=1S/C14H15BrN4O2/c15-10-1-2-11-12(7-10)21-9-14-16-13(17-19(11)14)8-18-3-5-20-6-4-18/h1-2,7H,3-6,8-9H2. The van der Waals surface area contributed by atoms with E-state index in [9.17, 15) is 0 Å². The van der Waals surface area contributed by atoms with Gasteiger partial charge in [0.1, 0.15) is 18.0 Å².